The van der Waals surface area contributed by atoms with Crippen LogP contribution in [0.25, 0.3) is 16.9 Å². The summed E-state index contributed by atoms with van der Waals surface area (Å²) in [5.74, 6) is 1.68. The zero-order chi connectivity index (χ0) is 19.5. The Labute approximate surface area is 161 Å². The number of anilines is 1. The fourth-order valence-corrected chi connectivity index (χ4v) is 2.96. The SMILES string of the molecule is COc1cccc(CNc2ccc3nc(-c4ccc(F)cc4)c(OC)n3n2)c1. The Morgan fingerprint density at radius 2 is 1.82 bits per heavy atom. The molecule has 0 aliphatic carbocycles. The lowest BCUT2D eigenvalue weighted by molar-refractivity contribution is 0.389. The zero-order valence-electron chi connectivity index (χ0n) is 15.5. The molecule has 0 atom stereocenters. The Kier molecular flexibility index (Phi) is 4.80. The molecule has 7 heteroatoms. The first-order chi connectivity index (χ1) is 13.7. The number of aromatic nitrogens is 3. The van der Waals surface area contributed by atoms with Crippen LogP contribution < -0.4 is 14.8 Å². The molecule has 0 saturated heterocycles. The number of nitrogens with one attached hydrogen (secondary N) is 1. The maximum absolute atomic E-state index is 13.2. The quantitative estimate of drug-likeness (QED) is 0.546. The molecular formula is C21H19FN4O2. The third-order valence-corrected chi connectivity index (χ3v) is 4.36. The number of hydrogen-bond acceptors (Lipinski definition) is 5. The predicted octanol–water partition coefficient (Wildman–Crippen LogP) is 4.16. The highest BCUT2D eigenvalue weighted by Crippen LogP contribution is 2.30. The van der Waals surface area contributed by atoms with Gasteiger partial charge in [0.15, 0.2) is 5.65 Å². The van der Waals surface area contributed by atoms with Gasteiger partial charge in [0.2, 0.25) is 5.88 Å². The first-order valence-corrected chi connectivity index (χ1v) is 8.74. The lowest BCUT2D eigenvalue weighted by Gasteiger charge is -2.08. The van der Waals surface area contributed by atoms with E-state index in [2.05, 4.69) is 15.4 Å². The molecule has 142 valence electrons. The van der Waals surface area contributed by atoms with E-state index >= 15 is 0 Å². The molecule has 0 fully saturated rings. The zero-order valence-corrected chi connectivity index (χ0v) is 15.5. The largest absolute Gasteiger partial charge is 0.497 e. The minimum absolute atomic E-state index is 0.298. The van der Waals surface area contributed by atoms with Gasteiger partial charge in [-0.05, 0) is 54.1 Å². The number of fused-ring (bicyclic) bond motifs is 1. The maximum atomic E-state index is 13.2. The smallest absolute Gasteiger partial charge is 0.243 e. The summed E-state index contributed by atoms with van der Waals surface area (Å²) in [6.07, 6.45) is 0. The van der Waals surface area contributed by atoms with Gasteiger partial charge in [-0.3, -0.25) is 0 Å². The molecular weight excluding hydrogens is 359 g/mol. The molecule has 0 amide bonds. The minimum atomic E-state index is -0.298. The van der Waals surface area contributed by atoms with Crippen LogP contribution in [0.5, 0.6) is 11.6 Å². The minimum Gasteiger partial charge on any atom is -0.497 e. The van der Waals surface area contributed by atoms with Crippen LogP contribution in [0, 0.1) is 5.82 Å². The van der Waals surface area contributed by atoms with Crippen molar-refractivity contribution in [1.82, 2.24) is 14.6 Å². The highest BCUT2D eigenvalue weighted by Gasteiger charge is 2.16. The molecule has 0 bridgehead atoms. The van der Waals surface area contributed by atoms with E-state index in [0.717, 1.165) is 16.9 Å². The van der Waals surface area contributed by atoms with E-state index in [-0.39, 0.29) is 5.82 Å². The number of benzene rings is 2. The van der Waals surface area contributed by atoms with E-state index in [9.17, 15) is 4.39 Å². The molecule has 1 N–H and O–H groups in total. The lowest BCUT2D eigenvalue weighted by Crippen LogP contribution is -2.05. The maximum Gasteiger partial charge on any atom is 0.243 e. The molecule has 0 spiro atoms. The van der Waals surface area contributed by atoms with Crippen LogP contribution in [0.2, 0.25) is 0 Å². The number of ether oxygens (including phenoxy) is 2. The van der Waals surface area contributed by atoms with Gasteiger partial charge in [-0.25, -0.2) is 9.37 Å². The molecule has 2 aromatic heterocycles. The summed E-state index contributed by atoms with van der Waals surface area (Å²) in [7, 11) is 3.21. The number of halogens is 1. The van der Waals surface area contributed by atoms with Crippen LogP contribution in [0.3, 0.4) is 0 Å². The van der Waals surface area contributed by atoms with E-state index in [1.807, 2.05) is 36.4 Å². The van der Waals surface area contributed by atoms with Crippen LogP contribution >= 0.6 is 0 Å². The van der Waals surface area contributed by atoms with Crippen LogP contribution in [-0.4, -0.2) is 28.8 Å². The standard InChI is InChI=1S/C21H19FN4O2/c1-27-17-5-3-4-14(12-17)13-23-18-10-11-19-24-20(21(28-2)26(19)25-18)15-6-8-16(22)9-7-15/h3-12H,13H2,1-2H3,(H,23,25). The summed E-state index contributed by atoms with van der Waals surface area (Å²) < 4.78 is 25.6. The van der Waals surface area contributed by atoms with Crippen molar-refractivity contribution in [2.45, 2.75) is 6.54 Å². The number of imidazole rings is 1. The van der Waals surface area contributed by atoms with Crippen molar-refractivity contribution in [3.05, 3.63) is 72.0 Å². The average Bonchev–Trinajstić information content (AvgIpc) is 3.10. The average molecular weight is 378 g/mol. The fraction of sp³-hybridized carbons (Fsp3) is 0.143. The summed E-state index contributed by atoms with van der Waals surface area (Å²) in [6, 6.07) is 17.7. The Bertz CT molecular complexity index is 1110. The van der Waals surface area contributed by atoms with E-state index in [1.54, 1.807) is 30.9 Å². The second-order valence-electron chi connectivity index (χ2n) is 6.17. The molecule has 0 unspecified atom stereocenters. The number of hydrogen-bond donors (Lipinski definition) is 1. The van der Waals surface area contributed by atoms with E-state index in [0.29, 0.717) is 29.6 Å². The molecule has 6 nitrogen and oxygen atoms in total. The Morgan fingerprint density at radius 1 is 1.00 bits per heavy atom. The number of methoxy groups -OCH3 is 2. The highest BCUT2D eigenvalue weighted by molar-refractivity contribution is 5.69. The van der Waals surface area contributed by atoms with Crippen molar-refractivity contribution in [2.75, 3.05) is 19.5 Å². The molecule has 2 aromatic carbocycles. The molecule has 0 saturated carbocycles. The van der Waals surface area contributed by atoms with Gasteiger partial charge in [0.05, 0.1) is 14.2 Å². The van der Waals surface area contributed by atoms with Crippen molar-refractivity contribution in [1.29, 1.82) is 0 Å². The number of rotatable bonds is 6. The van der Waals surface area contributed by atoms with E-state index in [4.69, 9.17) is 9.47 Å². The van der Waals surface area contributed by atoms with Crippen molar-refractivity contribution in [3.8, 4) is 22.9 Å². The van der Waals surface area contributed by atoms with Gasteiger partial charge in [-0.15, -0.1) is 5.10 Å². The molecule has 28 heavy (non-hydrogen) atoms. The topological polar surface area (TPSA) is 60.7 Å². The molecule has 2 heterocycles. The van der Waals surface area contributed by atoms with Gasteiger partial charge in [-0.2, -0.15) is 4.52 Å². The first-order valence-electron chi connectivity index (χ1n) is 8.74. The summed E-state index contributed by atoms with van der Waals surface area (Å²) in [5.41, 5.74) is 3.09. The highest BCUT2D eigenvalue weighted by atomic mass is 19.1. The Morgan fingerprint density at radius 3 is 2.57 bits per heavy atom. The lowest BCUT2D eigenvalue weighted by atomic mass is 10.1. The van der Waals surface area contributed by atoms with Gasteiger partial charge < -0.3 is 14.8 Å². The Hall–Kier alpha value is -3.61. The van der Waals surface area contributed by atoms with Crippen LogP contribution in [0.4, 0.5) is 10.2 Å². The van der Waals surface area contributed by atoms with E-state index in [1.165, 1.54) is 12.1 Å². The molecule has 0 aliphatic heterocycles. The molecule has 0 radical (unpaired) electrons. The monoisotopic (exact) mass is 378 g/mol. The second-order valence-corrected chi connectivity index (χ2v) is 6.17. The van der Waals surface area contributed by atoms with Gasteiger partial charge in [0.25, 0.3) is 0 Å². The van der Waals surface area contributed by atoms with Crippen molar-refractivity contribution < 1.29 is 13.9 Å². The number of nitrogens with zero attached hydrogens (tertiary/aromatic N) is 3. The normalized spacial score (nSPS) is 10.8. The third-order valence-electron chi connectivity index (χ3n) is 4.36. The summed E-state index contributed by atoms with van der Waals surface area (Å²) in [4.78, 5) is 4.57. The van der Waals surface area contributed by atoms with Gasteiger partial charge in [-0.1, -0.05) is 12.1 Å². The van der Waals surface area contributed by atoms with Crippen LogP contribution in [0.1, 0.15) is 5.56 Å². The summed E-state index contributed by atoms with van der Waals surface area (Å²) in [5, 5.41) is 7.87. The molecule has 4 rings (SSSR count). The van der Waals surface area contributed by atoms with Crippen molar-refractivity contribution in [2.24, 2.45) is 0 Å². The third kappa shape index (κ3) is 3.46. The Balaban J connectivity index is 1.63. The van der Waals surface area contributed by atoms with Crippen LogP contribution in [0.15, 0.2) is 60.7 Å². The molecule has 4 aromatic rings. The predicted molar refractivity (Wildman–Crippen MR) is 105 cm³/mol. The van der Waals surface area contributed by atoms with Gasteiger partial charge >= 0.3 is 0 Å². The van der Waals surface area contributed by atoms with Crippen molar-refractivity contribution in [3.63, 3.8) is 0 Å². The van der Waals surface area contributed by atoms with Gasteiger partial charge in [0, 0.05) is 12.1 Å². The van der Waals surface area contributed by atoms with Gasteiger partial charge in [0.1, 0.15) is 23.1 Å². The van der Waals surface area contributed by atoms with E-state index < -0.39 is 0 Å². The fourth-order valence-electron chi connectivity index (χ4n) is 2.96. The van der Waals surface area contributed by atoms with Crippen molar-refractivity contribution >= 4 is 11.5 Å². The summed E-state index contributed by atoms with van der Waals surface area (Å²) >= 11 is 0. The first kappa shape index (κ1) is 17.8. The summed E-state index contributed by atoms with van der Waals surface area (Å²) in [6.45, 7) is 0.595. The molecule has 0 aliphatic rings. The second kappa shape index (κ2) is 7.56. The van der Waals surface area contributed by atoms with Crippen LogP contribution in [-0.2, 0) is 6.54 Å².